The van der Waals surface area contributed by atoms with Crippen LogP contribution in [0.25, 0.3) is 0 Å². The molecule has 1 aromatic rings. The van der Waals surface area contributed by atoms with Gasteiger partial charge in [-0.1, -0.05) is 6.58 Å². The summed E-state index contributed by atoms with van der Waals surface area (Å²) in [7, 11) is 0. The van der Waals surface area contributed by atoms with Gasteiger partial charge in [0.1, 0.15) is 25.4 Å². The van der Waals surface area contributed by atoms with Crippen LogP contribution in [0, 0.1) is 0 Å². The molecule has 0 saturated carbocycles. The van der Waals surface area contributed by atoms with Crippen molar-refractivity contribution < 1.29 is 38.1 Å². The molecule has 2 aliphatic heterocycles. The Morgan fingerprint density at radius 3 is 2.21 bits per heavy atom. The number of carbonyl (C=O) groups excluding carboxylic acids is 3. The van der Waals surface area contributed by atoms with Crippen molar-refractivity contribution in [2.45, 2.75) is 25.6 Å². The molecule has 28 heavy (non-hydrogen) atoms. The lowest BCUT2D eigenvalue weighted by molar-refractivity contribution is -0.138. The van der Waals surface area contributed by atoms with Crippen molar-refractivity contribution in [2.24, 2.45) is 0 Å². The molecule has 0 bridgehead atoms. The molecule has 8 nitrogen and oxygen atoms in total. The van der Waals surface area contributed by atoms with Crippen LogP contribution in [0.1, 0.15) is 33.2 Å². The molecule has 2 unspecified atom stereocenters. The first-order valence-electron chi connectivity index (χ1n) is 8.97. The number of epoxide rings is 2. The van der Waals surface area contributed by atoms with E-state index >= 15 is 0 Å². The van der Waals surface area contributed by atoms with Gasteiger partial charge >= 0.3 is 17.9 Å². The van der Waals surface area contributed by atoms with Crippen molar-refractivity contribution in [1.82, 2.24) is 0 Å². The van der Waals surface area contributed by atoms with Gasteiger partial charge in [0.15, 0.2) is 0 Å². The maximum atomic E-state index is 12.4. The summed E-state index contributed by atoms with van der Waals surface area (Å²) in [6, 6.07) is 4.56. The summed E-state index contributed by atoms with van der Waals surface area (Å²) in [5.41, 5.74) is 1.40. The zero-order valence-corrected chi connectivity index (χ0v) is 15.6. The van der Waals surface area contributed by atoms with Gasteiger partial charge in [-0.2, -0.15) is 0 Å². The molecule has 2 saturated heterocycles. The van der Waals surface area contributed by atoms with Crippen molar-refractivity contribution in [2.75, 3.05) is 33.0 Å². The molecule has 2 aliphatic rings. The van der Waals surface area contributed by atoms with Gasteiger partial charge in [-0.15, -0.1) is 0 Å². The maximum Gasteiger partial charge on any atom is 0.338 e. The minimum absolute atomic E-state index is 0.0339. The highest BCUT2D eigenvalue weighted by atomic mass is 16.6. The molecule has 150 valence electrons. The van der Waals surface area contributed by atoms with Crippen LogP contribution in [0.4, 0.5) is 0 Å². The van der Waals surface area contributed by atoms with Gasteiger partial charge in [0.2, 0.25) is 0 Å². The lowest BCUT2D eigenvalue weighted by Gasteiger charge is -2.12. The number of ether oxygens (including phenoxy) is 5. The van der Waals surface area contributed by atoms with Gasteiger partial charge in [-0.05, 0) is 30.7 Å². The Morgan fingerprint density at radius 1 is 1.04 bits per heavy atom. The second kappa shape index (κ2) is 8.99. The molecule has 3 rings (SSSR count). The molecule has 0 amide bonds. The third-order valence-corrected chi connectivity index (χ3v) is 4.12. The average Bonchev–Trinajstić information content (AvgIpc) is 3.58. The third kappa shape index (κ3) is 5.90. The highest BCUT2D eigenvalue weighted by Crippen LogP contribution is 2.18. The number of benzene rings is 1. The monoisotopic (exact) mass is 390 g/mol. The molecular weight excluding hydrogens is 368 g/mol. The summed E-state index contributed by atoms with van der Waals surface area (Å²) in [4.78, 5) is 36.1. The third-order valence-electron chi connectivity index (χ3n) is 4.12. The predicted octanol–water partition coefficient (Wildman–Crippen LogP) is 1.46. The Hall–Kier alpha value is -2.71. The highest BCUT2D eigenvalue weighted by Gasteiger charge is 2.26. The zero-order chi connectivity index (χ0) is 20.1. The minimum Gasteiger partial charge on any atom is -0.462 e. The van der Waals surface area contributed by atoms with Crippen molar-refractivity contribution >= 4 is 17.9 Å². The topological polar surface area (TPSA) is 104 Å². The quantitative estimate of drug-likeness (QED) is 0.256. The molecule has 0 aliphatic carbocycles. The molecule has 2 atom stereocenters. The fraction of sp³-hybridized carbons (Fsp3) is 0.450. The molecule has 8 heteroatoms. The first-order chi connectivity index (χ1) is 13.4. The van der Waals surface area contributed by atoms with Crippen LogP contribution in [0.3, 0.4) is 0 Å². The summed E-state index contributed by atoms with van der Waals surface area (Å²) in [6.07, 6.45) is 0.141. The fourth-order valence-corrected chi connectivity index (χ4v) is 2.33. The van der Waals surface area contributed by atoms with E-state index in [9.17, 15) is 14.4 Å². The maximum absolute atomic E-state index is 12.4. The second-order valence-electron chi connectivity index (χ2n) is 6.65. The molecule has 0 N–H and O–H groups in total. The number of esters is 3. The van der Waals surface area contributed by atoms with E-state index < -0.39 is 17.9 Å². The van der Waals surface area contributed by atoms with E-state index in [-0.39, 0.29) is 44.0 Å². The van der Waals surface area contributed by atoms with Crippen molar-refractivity contribution in [3.63, 3.8) is 0 Å². The zero-order valence-electron chi connectivity index (χ0n) is 15.6. The Bertz CT molecular complexity index is 776. The summed E-state index contributed by atoms with van der Waals surface area (Å²) in [6.45, 7) is 6.63. The highest BCUT2D eigenvalue weighted by molar-refractivity contribution is 5.95. The fourth-order valence-electron chi connectivity index (χ4n) is 2.33. The number of carbonyl (C=O) groups is 3. The molecule has 0 aromatic heterocycles. The number of hydrogen-bond acceptors (Lipinski definition) is 8. The largest absolute Gasteiger partial charge is 0.462 e. The van der Waals surface area contributed by atoms with Gasteiger partial charge in [0.25, 0.3) is 0 Å². The average molecular weight is 390 g/mol. The van der Waals surface area contributed by atoms with Crippen molar-refractivity contribution in [3.8, 4) is 0 Å². The van der Waals surface area contributed by atoms with Gasteiger partial charge in [0, 0.05) is 12.0 Å². The summed E-state index contributed by atoms with van der Waals surface area (Å²) < 4.78 is 25.5. The van der Waals surface area contributed by atoms with Gasteiger partial charge in [0.05, 0.1) is 30.9 Å². The van der Waals surface area contributed by atoms with E-state index in [0.717, 1.165) is 0 Å². The van der Waals surface area contributed by atoms with Crippen LogP contribution >= 0.6 is 0 Å². The Labute approximate surface area is 162 Å². The van der Waals surface area contributed by atoms with Crippen molar-refractivity contribution in [1.29, 1.82) is 0 Å². The summed E-state index contributed by atoms with van der Waals surface area (Å²) in [5, 5.41) is 0. The number of rotatable bonds is 10. The van der Waals surface area contributed by atoms with Gasteiger partial charge in [-0.25, -0.2) is 14.4 Å². The van der Waals surface area contributed by atoms with E-state index in [2.05, 4.69) is 6.58 Å². The van der Waals surface area contributed by atoms with E-state index in [4.69, 9.17) is 23.7 Å². The Kier molecular flexibility index (Phi) is 6.43. The minimum atomic E-state index is -0.525. The van der Waals surface area contributed by atoms with Gasteiger partial charge in [-0.3, -0.25) is 0 Å². The lowest BCUT2D eigenvalue weighted by atomic mass is 10.0. The predicted molar refractivity (Wildman–Crippen MR) is 96.0 cm³/mol. The normalized spacial score (nSPS) is 19.5. The molecule has 0 spiro atoms. The summed E-state index contributed by atoms with van der Waals surface area (Å²) >= 11 is 0. The molecule has 2 heterocycles. The molecule has 0 radical (unpaired) electrons. The van der Waals surface area contributed by atoms with Gasteiger partial charge < -0.3 is 23.7 Å². The molecule has 1 aromatic carbocycles. The Morgan fingerprint density at radius 2 is 1.64 bits per heavy atom. The van der Waals surface area contributed by atoms with E-state index in [1.165, 1.54) is 12.1 Å². The first kappa shape index (κ1) is 20.0. The van der Waals surface area contributed by atoms with E-state index in [0.29, 0.717) is 29.9 Å². The molecular formula is C20H22O8. The van der Waals surface area contributed by atoms with Crippen LogP contribution in [0.2, 0.25) is 0 Å². The standard InChI is InChI=1S/C20H22O8/c1-12(2)18(21)24-6-5-13-7-14(19(22)27-10-15-8-25-15)3-4-17(13)20(23)28-11-16-9-26-16/h3-4,7,15-16H,1,5-6,8-11H2,2H3. The van der Waals surface area contributed by atoms with Crippen molar-refractivity contribution in [3.05, 3.63) is 47.0 Å². The van der Waals surface area contributed by atoms with E-state index in [1.54, 1.807) is 13.0 Å². The van der Waals surface area contributed by atoms with Crippen LogP contribution in [-0.2, 0) is 34.9 Å². The number of hydrogen-bond donors (Lipinski definition) is 0. The smallest absolute Gasteiger partial charge is 0.338 e. The Balaban J connectivity index is 1.68. The van der Waals surface area contributed by atoms with Crippen LogP contribution in [0.15, 0.2) is 30.4 Å². The van der Waals surface area contributed by atoms with E-state index in [1.807, 2.05) is 0 Å². The molecule has 2 fully saturated rings. The van der Waals surface area contributed by atoms with Crippen LogP contribution in [0.5, 0.6) is 0 Å². The lowest BCUT2D eigenvalue weighted by Crippen LogP contribution is -2.16. The van der Waals surface area contributed by atoms with Crippen LogP contribution < -0.4 is 0 Å². The SMILES string of the molecule is C=C(C)C(=O)OCCc1cc(C(=O)OCC2CO2)ccc1C(=O)OCC1CO1. The summed E-state index contributed by atoms with van der Waals surface area (Å²) in [5.74, 6) is -1.56. The van der Waals surface area contributed by atoms with Crippen LogP contribution in [-0.4, -0.2) is 63.2 Å². The second-order valence-corrected chi connectivity index (χ2v) is 6.65. The first-order valence-corrected chi connectivity index (χ1v) is 8.97.